The highest BCUT2D eigenvalue weighted by Gasteiger charge is 2.11. The number of nitrogens with zero attached hydrogens (tertiary/aromatic N) is 2. The summed E-state index contributed by atoms with van der Waals surface area (Å²) in [6.45, 7) is 2.24. The van der Waals surface area contributed by atoms with E-state index in [0.717, 1.165) is 0 Å². The van der Waals surface area contributed by atoms with Crippen molar-refractivity contribution in [2.24, 2.45) is 0 Å². The van der Waals surface area contributed by atoms with E-state index in [1.807, 2.05) is 6.92 Å². The number of rotatable bonds is 4. The molecule has 100 valence electrons. The minimum absolute atomic E-state index is 0.220. The number of nitrogens with two attached hydrogens (primary N) is 1. The lowest BCUT2D eigenvalue weighted by Gasteiger charge is -2.11. The third-order valence-electron chi connectivity index (χ3n) is 2.31. The van der Waals surface area contributed by atoms with Crippen molar-refractivity contribution in [2.45, 2.75) is 6.92 Å². The lowest BCUT2D eigenvalue weighted by molar-refractivity contribution is 0.328. The molecule has 0 saturated heterocycles. The highest BCUT2D eigenvalue weighted by atomic mass is 35.5. The summed E-state index contributed by atoms with van der Waals surface area (Å²) in [5, 5.41) is 3.09. The molecule has 0 spiro atoms. The molecule has 1 aromatic carbocycles. The summed E-state index contributed by atoms with van der Waals surface area (Å²) >= 11 is 5.68. The number of benzene rings is 1. The van der Waals surface area contributed by atoms with Crippen LogP contribution in [0.5, 0.6) is 5.88 Å². The van der Waals surface area contributed by atoms with E-state index in [2.05, 4.69) is 15.3 Å². The van der Waals surface area contributed by atoms with Crippen molar-refractivity contribution in [3.8, 4) is 5.88 Å². The van der Waals surface area contributed by atoms with E-state index >= 15 is 0 Å². The average molecular weight is 283 g/mol. The molecule has 3 N–H and O–H groups in total. The molecule has 0 aliphatic rings. The summed E-state index contributed by atoms with van der Waals surface area (Å²) in [6.07, 6.45) is 1.29. The van der Waals surface area contributed by atoms with Gasteiger partial charge in [-0.1, -0.05) is 11.6 Å². The Bertz CT molecular complexity index is 594. The molecule has 1 heterocycles. The van der Waals surface area contributed by atoms with Gasteiger partial charge >= 0.3 is 0 Å². The molecule has 19 heavy (non-hydrogen) atoms. The third-order valence-corrected chi connectivity index (χ3v) is 2.55. The molecular formula is C12H12ClFN4O. The van der Waals surface area contributed by atoms with E-state index in [0.29, 0.717) is 11.6 Å². The van der Waals surface area contributed by atoms with Crippen LogP contribution in [0, 0.1) is 5.82 Å². The maximum absolute atomic E-state index is 13.7. The van der Waals surface area contributed by atoms with Crippen molar-refractivity contribution in [3.05, 3.63) is 35.4 Å². The van der Waals surface area contributed by atoms with Crippen molar-refractivity contribution in [3.63, 3.8) is 0 Å². The maximum atomic E-state index is 13.7. The molecule has 5 nitrogen and oxygen atoms in total. The fraction of sp³-hybridized carbons (Fsp3) is 0.167. The Hall–Kier alpha value is -2.08. The first-order valence-corrected chi connectivity index (χ1v) is 5.95. The first kappa shape index (κ1) is 13.4. The molecule has 1 aromatic heterocycles. The van der Waals surface area contributed by atoms with Gasteiger partial charge in [0.2, 0.25) is 5.88 Å². The predicted molar refractivity (Wildman–Crippen MR) is 72.3 cm³/mol. The first-order chi connectivity index (χ1) is 9.11. The molecular weight excluding hydrogens is 271 g/mol. The normalized spacial score (nSPS) is 10.3. The van der Waals surface area contributed by atoms with Gasteiger partial charge in [0, 0.05) is 5.02 Å². The Labute approximate surface area is 114 Å². The molecule has 0 saturated carbocycles. The van der Waals surface area contributed by atoms with Crippen LogP contribution in [0.3, 0.4) is 0 Å². The number of nitrogen functional groups attached to an aromatic ring is 1. The average Bonchev–Trinajstić information content (AvgIpc) is 2.37. The fourth-order valence-corrected chi connectivity index (χ4v) is 1.61. The van der Waals surface area contributed by atoms with E-state index in [4.69, 9.17) is 22.1 Å². The zero-order valence-electron chi connectivity index (χ0n) is 10.2. The van der Waals surface area contributed by atoms with Gasteiger partial charge in [-0.2, -0.15) is 4.98 Å². The Morgan fingerprint density at radius 2 is 2.21 bits per heavy atom. The molecule has 2 aromatic rings. The number of halogens is 2. The summed E-state index contributed by atoms with van der Waals surface area (Å²) in [4.78, 5) is 7.85. The number of ether oxygens (including phenoxy) is 1. The lowest BCUT2D eigenvalue weighted by atomic mass is 10.3. The van der Waals surface area contributed by atoms with E-state index in [9.17, 15) is 4.39 Å². The van der Waals surface area contributed by atoms with Gasteiger partial charge in [-0.3, -0.25) is 0 Å². The molecule has 0 aliphatic heterocycles. The number of anilines is 3. The molecule has 0 fully saturated rings. The van der Waals surface area contributed by atoms with Gasteiger partial charge in [0.25, 0.3) is 0 Å². The number of hydrogen-bond donors (Lipinski definition) is 2. The molecule has 0 radical (unpaired) electrons. The monoisotopic (exact) mass is 282 g/mol. The second kappa shape index (κ2) is 5.71. The van der Waals surface area contributed by atoms with Gasteiger partial charge < -0.3 is 15.8 Å². The largest absolute Gasteiger partial charge is 0.476 e. The minimum Gasteiger partial charge on any atom is -0.476 e. The first-order valence-electron chi connectivity index (χ1n) is 5.57. The SMILES string of the molecule is CCOc1ncnc(Nc2ccc(Cl)cc2F)c1N. The second-order valence-electron chi connectivity index (χ2n) is 3.62. The summed E-state index contributed by atoms with van der Waals surface area (Å²) in [5.74, 6) is 0.0394. The molecule has 0 amide bonds. The topological polar surface area (TPSA) is 73.1 Å². The quantitative estimate of drug-likeness (QED) is 0.902. The molecule has 0 atom stereocenters. The van der Waals surface area contributed by atoms with Crippen LogP contribution >= 0.6 is 11.6 Å². The van der Waals surface area contributed by atoms with Crippen molar-refractivity contribution in [2.75, 3.05) is 17.7 Å². The molecule has 0 unspecified atom stereocenters. The third kappa shape index (κ3) is 3.03. The predicted octanol–water partition coefficient (Wildman–Crippen LogP) is 2.99. The van der Waals surface area contributed by atoms with E-state index in [1.54, 1.807) is 6.07 Å². The highest BCUT2D eigenvalue weighted by molar-refractivity contribution is 6.30. The van der Waals surface area contributed by atoms with Crippen LogP contribution in [-0.2, 0) is 0 Å². The summed E-state index contributed by atoms with van der Waals surface area (Å²) < 4.78 is 18.9. The fourth-order valence-electron chi connectivity index (χ4n) is 1.45. The van der Waals surface area contributed by atoms with E-state index < -0.39 is 5.82 Å². The molecule has 7 heteroatoms. The Morgan fingerprint density at radius 1 is 1.42 bits per heavy atom. The van der Waals surface area contributed by atoms with Crippen LogP contribution in [0.15, 0.2) is 24.5 Å². The van der Waals surface area contributed by atoms with Crippen LogP contribution in [0.25, 0.3) is 0 Å². The van der Waals surface area contributed by atoms with Gasteiger partial charge in [-0.25, -0.2) is 9.37 Å². The van der Waals surface area contributed by atoms with Crippen molar-refractivity contribution < 1.29 is 9.13 Å². The number of nitrogens with one attached hydrogen (secondary N) is 1. The minimum atomic E-state index is -0.497. The Kier molecular flexibility index (Phi) is 4.01. The Balaban J connectivity index is 2.30. The van der Waals surface area contributed by atoms with Crippen molar-refractivity contribution >= 4 is 28.8 Å². The molecule has 0 aliphatic carbocycles. The molecule has 2 rings (SSSR count). The lowest BCUT2D eigenvalue weighted by Crippen LogP contribution is -2.05. The summed E-state index contributed by atoms with van der Waals surface area (Å²) in [6, 6.07) is 4.26. The van der Waals surface area contributed by atoms with Gasteiger partial charge in [0.1, 0.15) is 17.8 Å². The van der Waals surface area contributed by atoms with Crippen molar-refractivity contribution in [1.82, 2.24) is 9.97 Å². The van der Waals surface area contributed by atoms with Crippen LogP contribution in [0.4, 0.5) is 21.6 Å². The van der Waals surface area contributed by atoms with Crippen molar-refractivity contribution in [1.29, 1.82) is 0 Å². The van der Waals surface area contributed by atoms with E-state index in [-0.39, 0.29) is 23.1 Å². The van der Waals surface area contributed by atoms with Crippen LogP contribution in [-0.4, -0.2) is 16.6 Å². The number of hydrogen-bond acceptors (Lipinski definition) is 5. The van der Waals surface area contributed by atoms with Gasteiger partial charge in [-0.15, -0.1) is 0 Å². The van der Waals surface area contributed by atoms with Crippen LogP contribution < -0.4 is 15.8 Å². The summed E-state index contributed by atoms with van der Waals surface area (Å²) in [5.41, 5.74) is 6.28. The Morgan fingerprint density at radius 3 is 2.89 bits per heavy atom. The molecule has 0 bridgehead atoms. The zero-order chi connectivity index (χ0) is 13.8. The smallest absolute Gasteiger partial charge is 0.242 e. The number of aromatic nitrogens is 2. The highest BCUT2D eigenvalue weighted by Crippen LogP contribution is 2.29. The summed E-state index contributed by atoms with van der Waals surface area (Å²) in [7, 11) is 0. The second-order valence-corrected chi connectivity index (χ2v) is 4.06. The van der Waals surface area contributed by atoms with Gasteiger partial charge in [0.05, 0.1) is 12.3 Å². The van der Waals surface area contributed by atoms with Crippen LogP contribution in [0.2, 0.25) is 5.02 Å². The standard InChI is InChI=1S/C12H12ClFN4O/c1-2-19-12-10(15)11(16-6-17-12)18-9-4-3-7(13)5-8(9)14/h3-6H,2,15H2,1H3,(H,16,17,18). The van der Waals surface area contributed by atoms with E-state index in [1.165, 1.54) is 18.5 Å². The maximum Gasteiger partial charge on any atom is 0.242 e. The zero-order valence-corrected chi connectivity index (χ0v) is 10.9. The van der Waals surface area contributed by atoms with Crippen LogP contribution in [0.1, 0.15) is 6.92 Å². The van der Waals surface area contributed by atoms with Gasteiger partial charge in [-0.05, 0) is 25.1 Å². The van der Waals surface area contributed by atoms with Gasteiger partial charge in [0.15, 0.2) is 5.82 Å².